The highest BCUT2D eigenvalue weighted by Gasteiger charge is 2.44. The monoisotopic (exact) mass is 329 g/mol. The highest BCUT2D eigenvalue weighted by atomic mass is 16.5. The molecule has 1 aromatic carbocycles. The molecule has 0 saturated carbocycles. The number of hydrogen-bond donors (Lipinski definition) is 3. The topological polar surface area (TPSA) is 94.4 Å². The number of aliphatic hydroxyl groups is 1. The number of ether oxygens (including phenoxy) is 1. The lowest BCUT2D eigenvalue weighted by Gasteiger charge is -2.42. The maximum Gasteiger partial charge on any atom is 0.224 e. The van der Waals surface area contributed by atoms with Gasteiger partial charge in [0.1, 0.15) is 17.5 Å². The number of rotatable bonds is 2. The Labute approximate surface area is 141 Å². The zero-order valence-corrected chi connectivity index (χ0v) is 14.0. The van der Waals surface area contributed by atoms with Crippen molar-refractivity contribution in [2.75, 3.05) is 13.1 Å². The second-order valence-electron chi connectivity index (χ2n) is 7.04. The van der Waals surface area contributed by atoms with Gasteiger partial charge in [-0.2, -0.15) is 5.26 Å². The van der Waals surface area contributed by atoms with Crippen LogP contribution >= 0.6 is 0 Å². The van der Waals surface area contributed by atoms with Crippen LogP contribution in [0.3, 0.4) is 0 Å². The predicted octanol–water partition coefficient (Wildman–Crippen LogP) is 1.25. The van der Waals surface area contributed by atoms with E-state index in [-0.39, 0.29) is 11.8 Å². The van der Waals surface area contributed by atoms with Gasteiger partial charge in [-0.1, -0.05) is 0 Å². The molecule has 0 spiro atoms. The molecule has 24 heavy (non-hydrogen) atoms. The second kappa shape index (κ2) is 6.42. The normalized spacial score (nSPS) is 28.2. The van der Waals surface area contributed by atoms with E-state index >= 15 is 0 Å². The van der Waals surface area contributed by atoms with Crippen LogP contribution in [0.25, 0.3) is 0 Å². The Bertz CT molecular complexity index is 675. The molecular weight excluding hydrogens is 306 g/mol. The summed E-state index contributed by atoms with van der Waals surface area (Å²) in [6, 6.07) is 6.58. The van der Waals surface area contributed by atoms with Crippen molar-refractivity contribution in [3.63, 3.8) is 0 Å². The average Bonchev–Trinajstić information content (AvgIpc) is 2.59. The van der Waals surface area contributed by atoms with Gasteiger partial charge in [0.05, 0.1) is 23.6 Å². The number of benzene rings is 1. The van der Waals surface area contributed by atoms with Gasteiger partial charge in [0, 0.05) is 12.1 Å². The van der Waals surface area contributed by atoms with Crippen molar-refractivity contribution in [3.05, 3.63) is 29.3 Å². The summed E-state index contributed by atoms with van der Waals surface area (Å²) in [6.45, 7) is 5.17. The summed E-state index contributed by atoms with van der Waals surface area (Å²) in [5.74, 6) is 0.424. The third-order valence-electron chi connectivity index (χ3n) is 4.84. The highest BCUT2D eigenvalue weighted by Crippen LogP contribution is 2.40. The highest BCUT2D eigenvalue weighted by molar-refractivity contribution is 5.79. The number of piperidine rings is 1. The van der Waals surface area contributed by atoms with Crippen molar-refractivity contribution in [2.45, 2.75) is 44.4 Å². The Morgan fingerprint density at radius 3 is 2.96 bits per heavy atom. The smallest absolute Gasteiger partial charge is 0.224 e. The van der Waals surface area contributed by atoms with E-state index in [0.717, 1.165) is 19.4 Å². The molecule has 0 aromatic heterocycles. The lowest BCUT2D eigenvalue weighted by Crippen LogP contribution is -2.54. The minimum atomic E-state index is -0.903. The molecule has 3 unspecified atom stereocenters. The molecule has 3 atom stereocenters. The van der Waals surface area contributed by atoms with Crippen molar-refractivity contribution >= 4 is 5.91 Å². The SMILES string of the molecule is CC1(C)Oc2ccc(C#N)cc2C(NC(=O)C2CCCNC2)C1O. The molecule has 1 fully saturated rings. The Morgan fingerprint density at radius 1 is 1.50 bits per heavy atom. The van der Waals surface area contributed by atoms with Crippen LogP contribution < -0.4 is 15.4 Å². The third kappa shape index (κ3) is 3.10. The number of aliphatic hydroxyl groups excluding tert-OH is 1. The third-order valence-corrected chi connectivity index (χ3v) is 4.84. The van der Waals surface area contributed by atoms with Gasteiger partial charge in [0.25, 0.3) is 0 Å². The predicted molar refractivity (Wildman–Crippen MR) is 88.3 cm³/mol. The lowest BCUT2D eigenvalue weighted by atomic mass is 9.85. The molecule has 1 saturated heterocycles. The van der Waals surface area contributed by atoms with Crippen LogP contribution in [-0.4, -0.2) is 35.8 Å². The zero-order valence-electron chi connectivity index (χ0n) is 14.0. The molecule has 128 valence electrons. The summed E-state index contributed by atoms with van der Waals surface area (Å²) >= 11 is 0. The number of nitrogens with zero attached hydrogens (tertiary/aromatic N) is 1. The molecule has 3 rings (SSSR count). The van der Waals surface area contributed by atoms with Crippen molar-refractivity contribution in [3.8, 4) is 11.8 Å². The molecule has 1 amide bonds. The van der Waals surface area contributed by atoms with E-state index in [4.69, 9.17) is 10.00 Å². The maximum absolute atomic E-state index is 12.6. The largest absolute Gasteiger partial charge is 0.485 e. The standard InChI is InChI=1S/C18H23N3O3/c1-18(2)16(22)15(21-17(23)12-4-3-7-20-10-12)13-8-11(9-19)5-6-14(13)24-18/h5-6,8,12,15-16,20,22H,3-4,7,10H2,1-2H3,(H,21,23). The first kappa shape index (κ1) is 16.7. The maximum atomic E-state index is 12.6. The molecule has 6 heteroatoms. The molecule has 2 aliphatic rings. The van der Waals surface area contributed by atoms with Gasteiger partial charge in [-0.05, 0) is 51.4 Å². The number of nitriles is 1. The van der Waals surface area contributed by atoms with Gasteiger partial charge in [0.2, 0.25) is 5.91 Å². The summed E-state index contributed by atoms with van der Waals surface area (Å²) in [7, 11) is 0. The van der Waals surface area contributed by atoms with Crippen LogP contribution in [0, 0.1) is 17.2 Å². The van der Waals surface area contributed by atoms with Crippen LogP contribution in [-0.2, 0) is 4.79 Å². The summed E-state index contributed by atoms with van der Waals surface area (Å²) in [6.07, 6.45) is 0.904. The molecule has 2 aliphatic heterocycles. The first-order chi connectivity index (χ1) is 11.4. The molecule has 6 nitrogen and oxygen atoms in total. The van der Waals surface area contributed by atoms with Crippen molar-refractivity contribution in [2.24, 2.45) is 5.92 Å². The van der Waals surface area contributed by atoms with Crippen molar-refractivity contribution in [1.29, 1.82) is 5.26 Å². The molecule has 1 aromatic rings. The number of amides is 1. The van der Waals surface area contributed by atoms with E-state index in [1.165, 1.54) is 0 Å². The van der Waals surface area contributed by atoms with Crippen molar-refractivity contribution < 1.29 is 14.6 Å². The minimum Gasteiger partial charge on any atom is -0.485 e. The number of carbonyl (C=O) groups is 1. The molecule has 3 N–H and O–H groups in total. The number of hydrogen-bond acceptors (Lipinski definition) is 5. The summed E-state index contributed by atoms with van der Waals surface area (Å²) < 4.78 is 5.87. The first-order valence-corrected chi connectivity index (χ1v) is 8.34. The average molecular weight is 329 g/mol. The molecule has 0 radical (unpaired) electrons. The fraction of sp³-hybridized carbons (Fsp3) is 0.556. The second-order valence-corrected chi connectivity index (χ2v) is 7.04. The number of nitrogens with one attached hydrogen (secondary N) is 2. The first-order valence-electron chi connectivity index (χ1n) is 8.34. The minimum absolute atomic E-state index is 0.0720. The number of fused-ring (bicyclic) bond motifs is 1. The lowest BCUT2D eigenvalue weighted by molar-refractivity contribution is -0.130. The van der Waals surface area contributed by atoms with E-state index in [2.05, 4.69) is 16.7 Å². The van der Waals surface area contributed by atoms with Gasteiger partial charge in [-0.25, -0.2) is 0 Å². The van der Waals surface area contributed by atoms with Gasteiger partial charge in [-0.3, -0.25) is 4.79 Å². The van der Waals surface area contributed by atoms with Crippen LogP contribution in [0.15, 0.2) is 18.2 Å². The molecule has 0 bridgehead atoms. The molecular formula is C18H23N3O3. The van der Waals surface area contributed by atoms with E-state index < -0.39 is 17.7 Å². The van der Waals surface area contributed by atoms with Crippen LogP contribution in [0.1, 0.15) is 43.9 Å². The van der Waals surface area contributed by atoms with Gasteiger partial charge >= 0.3 is 0 Å². The van der Waals surface area contributed by atoms with Gasteiger partial charge in [-0.15, -0.1) is 0 Å². The Morgan fingerprint density at radius 2 is 2.29 bits per heavy atom. The van der Waals surface area contributed by atoms with Gasteiger partial charge < -0.3 is 20.5 Å². The fourth-order valence-corrected chi connectivity index (χ4v) is 3.37. The molecule has 0 aliphatic carbocycles. The number of carbonyl (C=O) groups excluding carboxylic acids is 1. The van der Waals surface area contributed by atoms with E-state index in [9.17, 15) is 9.90 Å². The summed E-state index contributed by atoms with van der Waals surface area (Å²) in [5.41, 5.74) is 0.296. The van der Waals surface area contributed by atoms with E-state index in [0.29, 0.717) is 23.4 Å². The van der Waals surface area contributed by atoms with E-state index in [1.54, 1.807) is 32.0 Å². The Balaban J connectivity index is 1.90. The van der Waals surface area contributed by atoms with Gasteiger partial charge in [0.15, 0.2) is 0 Å². The van der Waals surface area contributed by atoms with E-state index in [1.807, 2.05) is 0 Å². The fourth-order valence-electron chi connectivity index (χ4n) is 3.37. The Hall–Kier alpha value is -2.10. The van der Waals surface area contributed by atoms with Crippen LogP contribution in [0.5, 0.6) is 5.75 Å². The van der Waals surface area contributed by atoms with Crippen LogP contribution in [0.2, 0.25) is 0 Å². The summed E-state index contributed by atoms with van der Waals surface area (Å²) in [5, 5.41) is 26.1. The van der Waals surface area contributed by atoms with Crippen LogP contribution in [0.4, 0.5) is 0 Å². The van der Waals surface area contributed by atoms with Crippen molar-refractivity contribution in [1.82, 2.24) is 10.6 Å². The quantitative estimate of drug-likeness (QED) is 0.759. The Kier molecular flexibility index (Phi) is 4.48. The molecule has 2 heterocycles. The zero-order chi connectivity index (χ0) is 17.3. The summed E-state index contributed by atoms with van der Waals surface area (Å²) in [4.78, 5) is 12.6.